The first kappa shape index (κ1) is 17.1. The molecule has 0 fully saturated rings. The molecule has 1 atom stereocenters. The van der Waals surface area contributed by atoms with Crippen LogP contribution in [0.3, 0.4) is 0 Å². The van der Waals surface area contributed by atoms with Crippen LogP contribution in [0.2, 0.25) is 0 Å². The third-order valence-corrected chi connectivity index (χ3v) is 4.47. The number of carbonyl (C=O) groups is 1. The number of esters is 1. The van der Waals surface area contributed by atoms with Crippen LogP contribution in [0.4, 0.5) is 0 Å². The Morgan fingerprint density at radius 1 is 1.45 bits per heavy atom. The van der Waals surface area contributed by atoms with Crippen molar-refractivity contribution in [3.8, 4) is 0 Å². The molecule has 1 aromatic carbocycles. The highest BCUT2D eigenvalue weighted by Crippen LogP contribution is 2.30. The van der Waals surface area contributed by atoms with Crippen molar-refractivity contribution in [1.82, 2.24) is 10.6 Å². The maximum atomic E-state index is 11.4. The van der Waals surface area contributed by atoms with Gasteiger partial charge in [0.1, 0.15) is 6.61 Å². The van der Waals surface area contributed by atoms with Gasteiger partial charge in [0.15, 0.2) is 5.11 Å². The van der Waals surface area contributed by atoms with Gasteiger partial charge in [-0.2, -0.15) is 11.8 Å². The summed E-state index contributed by atoms with van der Waals surface area (Å²) < 4.78 is 5.12. The lowest BCUT2D eigenvalue weighted by atomic mass is 10.1. The van der Waals surface area contributed by atoms with E-state index in [2.05, 4.69) is 34.9 Å². The van der Waals surface area contributed by atoms with E-state index in [1.54, 1.807) is 11.8 Å². The van der Waals surface area contributed by atoms with E-state index in [0.717, 1.165) is 18.6 Å². The van der Waals surface area contributed by atoms with E-state index >= 15 is 0 Å². The average Bonchev–Trinajstić information content (AvgIpc) is 2.93. The van der Waals surface area contributed by atoms with Gasteiger partial charge >= 0.3 is 5.97 Å². The zero-order chi connectivity index (χ0) is 15.8. The van der Waals surface area contributed by atoms with Gasteiger partial charge in [-0.25, -0.2) is 0 Å². The van der Waals surface area contributed by atoms with Crippen molar-refractivity contribution < 1.29 is 9.53 Å². The molecule has 0 radical (unpaired) electrons. The highest BCUT2D eigenvalue weighted by molar-refractivity contribution is 7.98. The fraction of sp³-hybridized carbons (Fsp3) is 0.500. The molecule has 1 aromatic rings. The molecular weight excluding hydrogens is 316 g/mol. The minimum Gasteiger partial charge on any atom is -0.464 e. The monoisotopic (exact) mass is 338 g/mol. The molecule has 1 aliphatic carbocycles. The van der Waals surface area contributed by atoms with Gasteiger partial charge in [0.25, 0.3) is 0 Å². The maximum absolute atomic E-state index is 11.4. The van der Waals surface area contributed by atoms with Crippen LogP contribution in [0.5, 0.6) is 0 Å². The van der Waals surface area contributed by atoms with Crippen molar-refractivity contribution in [2.24, 2.45) is 0 Å². The molecule has 0 saturated heterocycles. The van der Waals surface area contributed by atoms with E-state index in [1.807, 2.05) is 6.26 Å². The summed E-state index contributed by atoms with van der Waals surface area (Å²) in [6, 6.07) is 8.73. The zero-order valence-electron chi connectivity index (χ0n) is 12.8. The SMILES string of the molecule is CSCCC(=O)OCCNC(=S)N[C@H]1CCc2ccccc21. The smallest absolute Gasteiger partial charge is 0.306 e. The van der Waals surface area contributed by atoms with E-state index < -0.39 is 0 Å². The molecule has 0 amide bonds. The maximum Gasteiger partial charge on any atom is 0.306 e. The van der Waals surface area contributed by atoms with Crippen LogP contribution in [-0.2, 0) is 16.0 Å². The number of benzene rings is 1. The Labute approximate surface area is 141 Å². The first-order valence-corrected chi connectivity index (χ1v) is 9.27. The molecule has 0 aromatic heterocycles. The summed E-state index contributed by atoms with van der Waals surface area (Å²) in [6.07, 6.45) is 4.58. The van der Waals surface area contributed by atoms with Gasteiger partial charge in [-0.15, -0.1) is 0 Å². The molecule has 1 aliphatic rings. The van der Waals surface area contributed by atoms with Crippen LogP contribution in [0, 0.1) is 0 Å². The molecular formula is C16H22N2O2S2. The predicted octanol–water partition coefficient (Wildman–Crippen LogP) is 2.43. The fourth-order valence-corrected chi connectivity index (χ4v) is 3.12. The molecule has 2 rings (SSSR count). The number of rotatable bonds is 7. The number of carbonyl (C=O) groups excluding carboxylic acids is 1. The van der Waals surface area contributed by atoms with Crippen LogP contribution in [0.15, 0.2) is 24.3 Å². The lowest BCUT2D eigenvalue weighted by Crippen LogP contribution is -2.38. The van der Waals surface area contributed by atoms with Gasteiger partial charge in [-0.3, -0.25) is 4.79 Å². The van der Waals surface area contributed by atoms with E-state index in [-0.39, 0.29) is 12.0 Å². The third-order valence-electron chi connectivity index (χ3n) is 3.60. The number of ether oxygens (including phenoxy) is 1. The number of thioether (sulfide) groups is 1. The summed E-state index contributed by atoms with van der Waals surface area (Å²) in [5.74, 6) is 0.646. The minimum absolute atomic E-state index is 0.153. The Morgan fingerprint density at radius 3 is 3.09 bits per heavy atom. The Bertz CT molecular complexity index is 523. The molecule has 0 bridgehead atoms. The largest absolute Gasteiger partial charge is 0.464 e. The van der Waals surface area contributed by atoms with Crippen LogP contribution in [0.25, 0.3) is 0 Å². The van der Waals surface area contributed by atoms with E-state index in [1.165, 1.54) is 11.1 Å². The Hall–Kier alpha value is -1.27. The second kappa shape index (κ2) is 9.00. The number of hydrogen-bond acceptors (Lipinski definition) is 4. The summed E-state index contributed by atoms with van der Waals surface area (Å²) in [5, 5.41) is 7.04. The van der Waals surface area contributed by atoms with E-state index in [0.29, 0.717) is 24.7 Å². The zero-order valence-corrected chi connectivity index (χ0v) is 14.4. The van der Waals surface area contributed by atoms with Gasteiger partial charge in [-0.1, -0.05) is 24.3 Å². The number of hydrogen-bond donors (Lipinski definition) is 2. The second-order valence-electron chi connectivity index (χ2n) is 5.15. The van der Waals surface area contributed by atoms with Gasteiger partial charge in [0.2, 0.25) is 0 Å². The Balaban J connectivity index is 1.64. The molecule has 0 unspecified atom stereocenters. The van der Waals surface area contributed by atoms with Crippen molar-refractivity contribution in [1.29, 1.82) is 0 Å². The summed E-state index contributed by atoms with van der Waals surface area (Å²) in [4.78, 5) is 11.4. The predicted molar refractivity (Wildman–Crippen MR) is 95.2 cm³/mol. The topological polar surface area (TPSA) is 50.4 Å². The molecule has 0 heterocycles. The van der Waals surface area contributed by atoms with Crippen molar-refractivity contribution in [3.63, 3.8) is 0 Å². The normalized spacial score (nSPS) is 16.0. The summed E-state index contributed by atoms with van der Waals surface area (Å²) in [7, 11) is 0. The van der Waals surface area contributed by atoms with E-state index in [4.69, 9.17) is 17.0 Å². The van der Waals surface area contributed by atoms with Gasteiger partial charge in [0.05, 0.1) is 19.0 Å². The third kappa shape index (κ3) is 5.18. The Kier molecular flexibility index (Phi) is 6.99. The first-order chi connectivity index (χ1) is 10.7. The molecule has 0 aliphatic heterocycles. The van der Waals surface area contributed by atoms with Gasteiger partial charge in [0, 0.05) is 5.75 Å². The number of fused-ring (bicyclic) bond motifs is 1. The fourth-order valence-electron chi connectivity index (χ4n) is 2.50. The van der Waals surface area contributed by atoms with Crippen LogP contribution < -0.4 is 10.6 Å². The molecule has 6 heteroatoms. The number of thiocarbonyl (C=S) groups is 1. The molecule has 120 valence electrons. The lowest BCUT2D eigenvalue weighted by Gasteiger charge is -2.17. The van der Waals surface area contributed by atoms with E-state index in [9.17, 15) is 4.79 Å². The molecule has 0 saturated carbocycles. The van der Waals surface area contributed by atoms with Crippen molar-refractivity contribution in [2.45, 2.75) is 25.3 Å². The first-order valence-electron chi connectivity index (χ1n) is 7.47. The lowest BCUT2D eigenvalue weighted by molar-refractivity contribution is -0.142. The Morgan fingerprint density at radius 2 is 2.27 bits per heavy atom. The molecule has 22 heavy (non-hydrogen) atoms. The van der Waals surface area contributed by atoms with Crippen molar-refractivity contribution >= 4 is 35.1 Å². The summed E-state index contributed by atoms with van der Waals surface area (Å²) in [5.41, 5.74) is 2.72. The van der Waals surface area contributed by atoms with Crippen LogP contribution in [0.1, 0.15) is 30.0 Å². The van der Waals surface area contributed by atoms with Crippen LogP contribution >= 0.6 is 24.0 Å². The second-order valence-corrected chi connectivity index (χ2v) is 6.55. The average molecular weight is 338 g/mol. The number of aryl methyl sites for hydroxylation is 1. The van der Waals surface area contributed by atoms with Crippen molar-refractivity contribution in [2.75, 3.05) is 25.2 Å². The highest BCUT2D eigenvalue weighted by Gasteiger charge is 2.22. The summed E-state index contributed by atoms with van der Waals surface area (Å²) in [6.45, 7) is 0.876. The summed E-state index contributed by atoms with van der Waals surface area (Å²) >= 11 is 6.94. The molecule has 0 spiro atoms. The van der Waals surface area contributed by atoms with Crippen molar-refractivity contribution in [3.05, 3.63) is 35.4 Å². The van der Waals surface area contributed by atoms with Gasteiger partial charge < -0.3 is 15.4 Å². The van der Waals surface area contributed by atoms with Gasteiger partial charge in [-0.05, 0) is 42.4 Å². The van der Waals surface area contributed by atoms with Crippen LogP contribution in [-0.4, -0.2) is 36.2 Å². The standard InChI is InChI=1S/C16H22N2O2S2/c1-22-11-8-15(19)20-10-9-17-16(21)18-14-7-6-12-4-2-3-5-13(12)14/h2-5,14H,6-11H2,1H3,(H2,17,18,21)/t14-/m0/s1. The number of nitrogens with one attached hydrogen (secondary N) is 2. The molecule has 4 nitrogen and oxygen atoms in total. The minimum atomic E-state index is -0.153. The highest BCUT2D eigenvalue weighted by atomic mass is 32.2. The quantitative estimate of drug-likeness (QED) is 0.452. The molecule has 2 N–H and O–H groups in total.